The van der Waals surface area contributed by atoms with Crippen LogP contribution in [-0.2, 0) is 6.42 Å². The van der Waals surface area contributed by atoms with Crippen molar-refractivity contribution >= 4 is 23.0 Å². The average molecular weight is 320 g/mol. The predicted molar refractivity (Wildman–Crippen MR) is 93.5 cm³/mol. The van der Waals surface area contributed by atoms with E-state index in [0.717, 1.165) is 12.2 Å². The third-order valence-corrected chi connectivity index (χ3v) is 4.20. The lowest BCUT2D eigenvalue weighted by molar-refractivity contribution is 0.628. The summed E-state index contributed by atoms with van der Waals surface area (Å²) in [5, 5.41) is 3.13. The highest BCUT2D eigenvalue weighted by Gasteiger charge is 2.27. The lowest BCUT2D eigenvalue weighted by atomic mass is 10.1. The van der Waals surface area contributed by atoms with Crippen LogP contribution in [0.5, 0.6) is 0 Å². The first-order valence-corrected chi connectivity index (χ1v) is 7.92. The summed E-state index contributed by atoms with van der Waals surface area (Å²) in [6.07, 6.45) is 2.53. The number of para-hydroxylation sites is 1. The molecule has 1 aromatic heterocycles. The maximum atomic E-state index is 13.3. The number of fused-ring (bicyclic) bond motifs is 1. The van der Waals surface area contributed by atoms with Gasteiger partial charge in [0.25, 0.3) is 0 Å². The first kappa shape index (κ1) is 14.6. The molecule has 3 aromatic rings. The molecule has 4 nitrogen and oxygen atoms in total. The van der Waals surface area contributed by atoms with Crippen LogP contribution >= 0.6 is 0 Å². The van der Waals surface area contributed by atoms with Crippen molar-refractivity contribution in [2.75, 3.05) is 10.2 Å². The van der Waals surface area contributed by atoms with Gasteiger partial charge in [-0.2, -0.15) is 0 Å². The van der Waals surface area contributed by atoms with Gasteiger partial charge in [-0.15, -0.1) is 0 Å². The predicted octanol–water partition coefficient (Wildman–Crippen LogP) is 4.44. The number of hydrogen-bond acceptors (Lipinski definition) is 4. The van der Waals surface area contributed by atoms with Crippen molar-refractivity contribution in [2.24, 2.45) is 0 Å². The molecule has 120 valence electrons. The standard InChI is InChI=1S/C19H17FN4/c1-13-9-14-5-2-3-8-17(14)24(13)19-11-18(21-12-22-19)23-16-7-4-6-15(20)10-16/h2-8,10-13H,9H2,1H3,(H,21,22,23). The summed E-state index contributed by atoms with van der Waals surface area (Å²) < 4.78 is 13.3. The van der Waals surface area contributed by atoms with E-state index in [-0.39, 0.29) is 5.82 Å². The molecular weight excluding hydrogens is 303 g/mol. The number of benzene rings is 2. The van der Waals surface area contributed by atoms with Gasteiger partial charge in [0.05, 0.1) is 0 Å². The SMILES string of the molecule is CC1Cc2ccccc2N1c1cc(Nc2cccc(F)c2)ncn1. The summed E-state index contributed by atoms with van der Waals surface area (Å²) >= 11 is 0. The second-order valence-corrected chi connectivity index (χ2v) is 5.95. The summed E-state index contributed by atoms with van der Waals surface area (Å²) in [6, 6.07) is 16.9. The number of hydrogen-bond donors (Lipinski definition) is 1. The van der Waals surface area contributed by atoms with E-state index in [1.807, 2.05) is 12.1 Å². The second kappa shape index (κ2) is 5.92. The van der Waals surface area contributed by atoms with Crippen LogP contribution in [0.15, 0.2) is 60.9 Å². The molecule has 1 N–H and O–H groups in total. The third kappa shape index (κ3) is 2.69. The Bertz CT molecular complexity index is 881. The summed E-state index contributed by atoms with van der Waals surface area (Å²) in [6.45, 7) is 2.18. The molecule has 0 spiro atoms. The Morgan fingerprint density at radius 2 is 1.96 bits per heavy atom. The molecule has 1 atom stereocenters. The minimum atomic E-state index is -0.281. The highest BCUT2D eigenvalue weighted by atomic mass is 19.1. The van der Waals surface area contributed by atoms with Crippen molar-refractivity contribution in [3.63, 3.8) is 0 Å². The van der Waals surface area contributed by atoms with Crippen LogP contribution in [0.3, 0.4) is 0 Å². The van der Waals surface area contributed by atoms with E-state index in [0.29, 0.717) is 17.5 Å². The number of halogens is 1. The molecule has 24 heavy (non-hydrogen) atoms. The summed E-state index contributed by atoms with van der Waals surface area (Å²) in [5.41, 5.74) is 3.16. The highest BCUT2D eigenvalue weighted by molar-refractivity contribution is 5.70. The molecule has 0 saturated heterocycles. The molecule has 4 rings (SSSR count). The van der Waals surface area contributed by atoms with Gasteiger partial charge >= 0.3 is 0 Å². The Balaban J connectivity index is 1.66. The first-order valence-electron chi connectivity index (χ1n) is 7.92. The molecule has 0 saturated carbocycles. The normalized spacial score (nSPS) is 16.1. The van der Waals surface area contributed by atoms with Crippen LogP contribution in [0.1, 0.15) is 12.5 Å². The lowest BCUT2D eigenvalue weighted by Crippen LogP contribution is -2.24. The van der Waals surface area contributed by atoms with Crippen LogP contribution in [0.25, 0.3) is 0 Å². The fourth-order valence-corrected chi connectivity index (χ4v) is 3.18. The van der Waals surface area contributed by atoms with E-state index in [1.54, 1.807) is 12.1 Å². The van der Waals surface area contributed by atoms with Crippen molar-refractivity contribution in [2.45, 2.75) is 19.4 Å². The molecule has 0 bridgehead atoms. The van der Waals surface area contributed by atoms with Crippen molar-refractivity contribution < 1.29 is 4.39 Å². The molecule has 5 heteroatoms. The van der Waals surface area contributed by atoms with Crippen molar-refractivity contribution in [3.8, 4) is 0 Å². The van der Waals surface area contributed by atoms with Gasteiger partial charge in [-0.25, -0.2) is 14.4 Å². The second-order valence-electron chi connectivity index (χ2n) is 5.95. The smallest absolute Gasteiger partial charge is 0.138 e. The average Bonchev–Trinajstić information content (AvgIpc) is 2.91. The lowest BCUT2D eigenvalue weighted by Gasteiger charge is -2.24. The van der Waals surface area contributed by atoms with E-state index < -0.39 is 0 Å². The number of nitrogens with zero attached hydrogens (tertiary/aromatic N) is 3. The van der Waals surface area contributed by atoms with Crippen molar-refractivity contribution in [1.82, 2.24) is 9.97 Å². The Hall–Kier alpha value is -2.95. The number of aromatic nitrogens is 2. The topological polar surface area (TPSA) is 41.0 Å². The van der Waals surface area contributed by atoms with Gasteiger partial charge < -0.3 is 10.2 Å². The van der Waals surface area contributed by atoms with Crippen molar-refractivity contribution in [1.29, 1.82) is 0 Å². The van der Waals surface area contributed by atoms with E-state index in [2.05, 4.69) is 45.3 Å². The quantitative estimate of drug-likeness (QED) is 0.774. The number of rotatable bonds is 3. The van der Waals surface area contributed by atoms with E-state index in [4.69, 9.17) is 0 Å². The monoisotopic (exact) mass is 320 g/mol. The molecule has 0 aliphatic carbocycles. The van der Waals surface area contributed by atoms with Gasteiger partial charge in [0.2, 0.25) is 0 Å². The van der Waals surface area contributed by atoms with Crippen LogP contribution in [0.4, 0.5) is 27.4 Å². The zero-order valence-electron chi connectivity index (χ0n) is 13.3. The van der Waals surface area contributed by atoms with Crippen molar-refractivity contribution in [3.05, 3.63) is 72.3 Å². The van der Waals surface area contributed by atoms with Crippen LogP contribution in [0, 0.1) is 5.82 Å². The van der Waals surface area contributed by atoms with Gasteiger partial charge in [0.15, 0.2) is 0 Å². The van der Waals surface area contributed by atoms with Crippen LogP contribution in [0.2, 0.25) is 0 Å². The van der Waals surface area contributed by atoms with Crippen LogP contribution < -0.4 is 10.2 Å². The first-order chi connectivity index (χ1) is 11.7. The summed E-state index contributed by atoms with van der Waals surface area (Å²) in [4.78, 5) is 10.9. The molecule has 0 amide bonds. The fraction of sp³-hybridized carbons (Fsp3) is 0.158. The van der Waals surface area contributed by atoms with Gasteiger partial charge in [-0.05, 0) is 43.2 Å². The Morgan fingerprint density at radius 1 is 1.08 bits per heavy atom. The third-order valence-electron chi connectivity index (χ3n) is 4.20. The molecule has 1 aliphatic rings. The summed E-state index contributed by atoms with van der Waals surface area (Å²) in [7, 11) is 0. The Labute approximate surface area is 140 Å². The van der Waals surface area contributed by atoms with E-state index >= 15 is 0 Å². The largest absolute Gasteiger partial charge is 0.340 e. The van der Waals surface area contributed by atoms with Crippen LogP contribution in [-0.4, -0.2) is 16.0 Å². The van der Waals surface area contributed by atoms with Gasteiger partial charge in [0.1, 0.15) is 23.8 Å². The van der Waals surface area contributed by atoms with Gasteiger partial charge in [-0.3, -0.25) is 0 Å². The van der Waals surface area contributed by atoms with E-state index in [1.165, 1.54) is 29.7 Å². The number of anilines is 4. The molecule has 2 heterocycles. The Morgan fingerprint density at radius 3 is 2.83 bits per heavy atom. The molecular formula is C19H17FN4. The minimum Gasteiger partial charge on any atom is -0.340 e. The molecule has 1 aliphatic heterocycles. The Kier molecular flexibility index (Phi) is 3.61. The zero-order chi connectivity index (χ0) is 16.5. The minimum absolute atomic E-state index is 0.281. The van der Waals surface area contributed by atoms with Gasteiger partial charge in [0, 0.05) is 23.5 Å². The fourth-order valence-electron chi connectivity index (χ4n) is 3.18. The summed E-state index contributed by atoms with van der Waals surface area (Å²) in [5.74, 6) is 1.19. The maximum absolute atomic E-state index is 13.3. The molecule has 1 unspecified atom stereocenters. The molecule has 0 fully saturated rings. The van der Waals surface area contributed by atoms with E-state index in [9.17, 15) is 4.39 Å². The van der Waals surface area contributed by atoms with Gasteiger partial charge in [-0.1, -0.05) is 24.3 Å². The molecule has 0 radical (unpaired) electrons. The molecule has 2 aromatic carbocycles. The number of nitrogens with one attached hydrogen (secondary N) is 1. The highest BCUT2D eigenvalue weighted by Crippen LogP contribution is 2.37. The zero-order valence-corrected chi connectivity index (χ0v) is 13.3. The maximum Gasteiger partial charge on any atom is 0.138 e.